The second-order valence-electron chi connectivity index (χ2n) is 8.52. The summed E-state index contributed by atoms with van der Waals surface area (Å²) < 4.78 is 11.0. The first-order chi connectivity index (χ1) is 15.3. The molecule has 0 aliphatic carbocycles. The standard InChI is InChI=1S/C25H28N2O5/c1-15-13-18-14-17(7-10-20(18)32-15)23(28)21-22(16-5-8-19(31-4)9-6-16)27(12-11-26(2)3)25(30)24(21)29/h5-10,14-15,22,28H,11-13H2,1-4H3/b23-21+/t15-,22+/m1/s1. The summed E-state index contributed by atoms with van der Waals surface area (Å²) in [5.41, 5.74) is 2.32. The lowest BCUT2D eigenvalue weighted by molar-refractivity contribution is -0.140. The molecule has 1 saturated heterocycles. The number of fused-ring (bicyclic) bond motifs is 1. The van der Waals surface area contributed by atoms with Crippen molar-refractivity contribution in [3.05, 3.63) is 64.7 Å². The van der Waals surface area contributed by atoms with Crippen molar-refractivity contribution < 1.29 is 24.2 Å². The maximum absolute atomic E-state index is 13.1. The van der Waals surface area contributed by atoms with E-state index in [2.05, 4.69) is 0 Å². The molecule has 0 bridgehead atoms. The number of benzene rings is 2. The van der Waals surface area contributed by atoms with Gasteiger partial charge in [-0.3, -0.25) is 9.59 Å². The van der Waals surface area contributed by atoms with Crippen LogP contribution in [-0.4, -0.2) is 67.0 Å². The molecule has 1 fully saturated rings. The van der Waals surface area contributed by atoms with Crippen LogP contribution in [-0.2, 0) is 16.0 Å². The van der Waals surface area contributed by atoms with Crippen LogP contribution in [0.1, 0.15) is 29.7 Å². The van der Waals surface area contributed by atoms with E-state index in [9.17, 15) is 14.7 Å². The van der Waals surface area contributed by atoms with Crippen molar-refractivity contribution in [2.75, 3.05) is 34.3 Å². The van der Waals surface area contributed by atoms with Gasteiger partial charge in [-0.2, -0.15) is 0 Å². The number of ketones is 1. The number of aliphatic hydroxyl groups is 1. The zero-order chi connectivity index (χ0) is 23.0. The van der Waals surface area contributed by atoms with E-state index in [-0.39, 0.29) is 17.4 Å². The first kappa shape index (κ1) is 21.9. The molecule has 32 heavy (non-hydrogen) atoms. The Balaban J connectivity index is 1.80. The van der Waals surface area contributed by atoms with E-state index in [1.165, 1.54) is 4.90 Å². The van der Waals surface area contributed by atoms with E-state index in [0.717, 1.165) is 23.3 Å². The van der Waals surface area contributed by atoms with Crippen molar-refractivity contribution in [2.24, 2.45) is 0 Å². The third-order valence-electron chi connectivity index (χ3n) is 5.93. The van der Waals surface area contributed by atoms with Gasteiger partial charge in [-0.15, -0.1) is 0 Å². The third kappa shape index (κ3) is 3.96. The van der Waals surface area contributed by atoms with E-state index >= 15 is 0 Å². The van der Waals surface area contributed by atoms with Crippen LogP contribution < -0.4 is 9.47 Å². The number of amides is 1. The van der Waals surface area contributed by atoms with Gasteiger partial charge in [0.05, 0.1) is 18.7 Å². The Morgan fingerprint density at radius 3 is 2.56 bits per heavy atom. The molecule has 0 spiro atoms. The quantitative estimate of drug-likeness (QED) is 0.426. The SMILES string of the molecule is COc1ccc([C@H]2/C(=C(\O)c3ccc4c(c3)C[C@@H](C)O4)C(=O)C(=O)N2CCN(C)C)cc1. The molecule has 0 unspecified atom stereocenters. The van der Waals surface area contributed by atoms with Crippen LogP contribution in [0.3, 0.4) is 0 Å². The Bertz CT molecular complexity index is 1070. The minimum absolute atomic E-state index is 0.0679. The Labute approximate surface area is 187 Å². The van der Waals surface area contributed by atoms with Crippen molar-refractivity contribution in [1.29, 1.82) is 0 Å². The van der Waals surface area contributed by atoms with Crippen LogP contribution in [0.2, 0.25) is 0 Å². The molecule has 1 amide bonds. The summed E-state index contributed by atoms with van der Waals surface area (Å²) in [5.74, 6) is 0.0114. The fourth-order valence-electron chi connectivity index (χ4n) is 4.28. The molecule has 2 aliphatic heterocycles. The zero-order valence-corrected chi connectivity index (χ0v) is 18.8. The Hall–Kier alpha value is -3.32. The Morgan fingerprint density at radius 2 is 1.91 bits per heavy atom. The summed E-state index contributed by atoms with van der Waals surface area (Å²) in [5, 5.41) is 11.2. The van der Waals surface area contributed by atoms with Crippen LogP contribution in [0.5, 0.6) is 11.5 Å². The fourth-order valence-corrected chi connectivity index (χ4v) is 4.28. The molecule has 1 N–H and O–H groups in total. The van der Waals surface area contributed by atoms with Crippen LogP contribution >= 0.6 is 0 Å². The minimum Gasteiger partial charge on any atom is -0.507 e. The lowest BCUT2D eigenvalue weighted by atomic mass is 9.94. The highest BCUT2D eigenvalue weighted by molar-refractivity contribution is 6.46. The summed E-state index contributed by atoms with van der Waals surface area (Å²) in [4.78, 5) is 29.6. The number of ether oxygens (including phenoxy) is 2. The average molecular weight is 437 g/mol. The summed E-state index contributed by atoms with van der Waals surface area (Å²) in [6, 6.07) is 11.9. The van der Waals surface area contributed by atoms with Gasteiger partial charge >= 0.3 is 0 Å². The number of carbonyl (C=O) groups excluding carboxylic acids is 2. The number of likely N-dealkylation sites (tertiary alicyclic amines) is 1. The lowest BCUT2D eigenvalue weighted by Gasteiger charge is -2.26. The van der Waals surface area contributed by atoms with E-state index in [0.29, 0.717) is 24.4 Å². The average Bonchev–Trinajstić information content (AvgIpc) is 3.27. The van der Waals surface area contributed by atoms with Gasteiger partial charge in [0.15, 0.2) is 0 Å². The largest absolute Gasteiger partial charge is 0.507 e. The second-order valence-corrected chi connectivity index (χ2v) is 8.52. The first-order valence-electron chi connectivity index (χ1n) is 10.7. The smallest absolute Gasteiger partial charge is 0.295 e. The van der Waals surface area contributed by atoms with E-state index in [4.69, 9.17) is 9.47 Å². The summed E-state index contributed by atoms with van der Waals surface area (Å²) in [7, 11) is 5.40. The molecule has 0 radical (unpaired) electrons. The van der Waals surface area contributed by atoms with E-state index in [1.54, 1.807) is 31.4 Å². The van der Waals surface area contributed by atoms with Gasteiger partial charge in [0.25, 0.3) is 11.7 Å². The van der Waals surface area contributed by atoms with E-state index < -0.39 is 17.7 Å². The number of Topliss-reactive ketones (excluding diaryl/α,β-unsaturated/α-hetero) is 1. The van der Waals surface area contributed by atoms with Crippen molar-refractivity contribution in [3.8, 4) is 11.5 Å². The van der Waals surface area contributed by atoms with Gasteiger partial charge in [0, 0.05) is 25.1 Å². The number of carbonyl (C=O) groups is 2. The molecule has 7 nitrogen and oxygen atoms in total. The number of methoxy groups -OCH3 is 1. The van der Waals surface area contributed by atoms with Crippen LogP contribution in [0.25, 0.3) is 5.76 Å². The Kier molecular flexibility index (Phi) is 5.93. The molecule has 2 aliphatic rings. The molecule has 2 heterocycles. The molecular weight excluding hydrogens is 408 g/mol. The first-order valence-corrected chi connectivity index (χ1v) is 10.7. The molecule has 2 aromatic rings. The molecular formula is C25H28N2O5. The van der Waals surface area contributed by atoms with Gasteiger partial charge in [-0.25, -0.2) is 0 Å². The van der Waals surface area contributed by atoms with Gasteiger partial charge in [-0.05, 0) is 62.5 Å². The van der Waals surface area contributed by atoms with Crippen LogP contribution in [0.4, 0.5) is 0 Å². The summed E-state index contributed by atoms with van der Waals surface area (Å²) in [6.45, 7) is 2.94. The molecule has 168 valence electrons. The number of likely N-dealkylation sites (N-methyl/N-ethyl adjacent to an activating group) is 1. The fraction of sp³-hybridized carbons (Fsp3) is 0.360. The monoisotopic (exact) mass is 436 g/mol. The molecule has 2 atom stereocenters. The maximum atomic E-state index is 13.1. The molecule has 0 aromatic heterocycles. The van der Waals surface area contributed by atoms with Gasteiger partial charge in [-0.1, -0.05) is 12.1 Å². The van der Waals surface area contributed by atoms with Crippen LogP contribution in [0.15, 0.2) is 48.0 Å². The molecule has 4 rings (SSSR count). The molecule has 7 heteroatoms. The second kappa shape index (κ2) is 8.67. The van der Waals surface area contributed by atoms with Gasteiger partial charge in [0.1, 0.15) is 23.4 Å². The number of hydrogen-bond donors (Lipinski definition) is 1. The maximum Gasteiger partial charge on any atom is 0.295 e. The Morgan fingerprint density at radius 1 is 1.19 bits per heavy atom. The zero-order valence-electron chi connectivity index (χ0n) is 18.8. The molecule has 2 aromatic carbocycles. The number of rotatable bonds is 6. The van der Waals surface area contributed by atoms with Crippen molar-refractivity contribution >= 4 is 17.4 Å². The summed E-state index contributed by atoms with van der Waals surface area (Å²) >= 11 is 0. The van der Waals surface area contributed by atoms with Gasteiger partial charge in [0.2, 0.25) is 0 Å². The summed E-state index contributed by atoms with van der Waals surface area (Å²) in [6.07, 6.45) is 0.800. The predicted molar refractivity (Wildman–Crippen MR) is 121 cm³/mol. The highest BCUT2D eigenvalue weighted by Gasteiger charge is 2.46. The predicted octanol–water partition coefficient (Wildman–Crippen LogP) is 3.00. The lowest BCUT2D eigenvalue weighted by Crippen LogP contribution is -2.35. The topological polar surface area (TPSA) is 79.3 Å². The number of aliphatic hydroxyl groups excluding tert-OH is 1. The number of nitrogens with zero attached hydrogens (tertiary/aromatic N) is 2. The highest BCUT2D eigenvalue weighted by Crippen LogP contribution is 2.40. The minimum atomic E-state index is -0.677. The van der Waals surface area contributed by atoms with E-state index in [1.807, 2.05) is 44.1 Å². The third-order valence-corrected chi connectivity index (χ3v) is 5.93. The van der Waals surface area contributed by atoms with Crippen molar-refractivity contribution in [1.82, 2.24) is 9.80 Å². The highest BCUT2D eigenvalue weighted by atomic mass is 16.5. The van der Waals surface area contributed by atoms with Crippen molar-refractivity contribution in [2.45, 2.75) is 25.5 Å². The van der Waals surface area contributed by atoms with Crippen molar-refractivity contribution in [3.63, 3.8) is 0 Å². The van der Waals surface area contributed by atoms with Gasteiger partial charge < -0.3 is 24.4 Å². The normalized spacial score (nSPS) is 21.7. The molecule has 0 saturated carbocycles. The van der Waals surface area contributed by atoms with Crippen LogP contribution in [0, 0.1) is 0 Å². The number of hydrogen-bond acceptors (Lipinski definition) is 6.